The number of nitro groups is 1. The van der Waals surface area contributed by atoms with E-state index in [4.69, 9.17) is 53.1 Å². The van der Waals surface area contributed by atoms with Crippen molar-refractivity contribution in [3.05, 3.63) is 130 Å². The molecule has 4 fully saturated rings. The number of carbonyl (C=O) groups excluding carboxylic acids is 4. The first-order chi connectivity index (χ1) is 49.6. The molecule has 4 amide bonds. The first-order valence-electron chi connectivity index (χ1n) is 35.3. The molecule has 0 radical (unpaired) electrons. The van der Waals surface area contributed by atoms with Crippen LogP contribution in [0.3, 0.4) is 0 Å². The molecule has 2 saturated carbocycles. The third-order valence-corrected chi connectivity index (χ3v) is 20.5. The van der Waals surface area contributed by atoms with Crippen molar-refractivity contribution in [3.63, 3.8) is 0 Å². The van der Waals surface area contributed by atoms with Crippen LogP contribution in [0.15, 0.2) is 113 Å². The lowest BCUT2D eigenvalue weighted by Gasteiger charge is -2.50. The summed E-state index contributed by atoms with van der Waals surface area (Å²) in [6.45, 7) is 16.9. The van der Waals surface area contributed by atoms with Crippen molar-refractivity contribution in [1.29, 1.82) is 0 Å². The Morgan fingerprint density at radius 3 is 1.40 bits per heavy atom. The highest BCUT2D eigenvalue weighted by Gasteiger charge is 2.56. The molecule has 13 N–H and O–H groups in total. The van der Waals surface area contributed by atoms with E-state index < -0.39 is 195 Å². The van der Waals surface area contributed by atoms with E-state index in [0.29, 0.717) is 43.0 Å². The fraction of sp³-hybridized carbons (Fsp3) is 0.639. The van der Waals surface area contributed by atoms with Crippen molar-refractivity contribution >= 4 is 39.7 Å². The quantitative estimate of drug-likeness (QED) is 0.0508. The van der Waals surface area contributed by atoms with E-state index in [1.807, 2.05) is 13.0 Å². The molecule has 0 unspecified atom stereocenters. The second-order valence-electron chi connectivity index (χ2n) is 30.3. The molecule has 0 aromatic heterocycles. The van der Waals surface area contributed by atoms with E-state index >= 15 is 0 Å². The Morgan fingerprint density at radius 1 is 0.594 bits per heavy atom. The minimum absolute atomic E-state index is 0.0846. The number of nitro benzene ring substituents is 1. The molecule has 0 spiro atoms. The molecular weight excluding hydrogens is 1410 g/mol. The minimum Gasteiger partial charge on any atom is -0.466 e. The number of hydrogen-bond donors (Lipinski definition) is 12. The molecular formula is C72H107N9O24S. The molecule has 33 nitrogen and oxygen atoms in total. The number of ether oxygens (including phenoxy) is 10. The Morgan fingerprint density at radius 2 is 0.981 bits per heavy atom. The first-order valence-corrected chi connectivity index (χ1v) is 36.8. The molecule has 3 aromatic rings. The fourth-order valence-electron chi connectivity index (χ4n) is 14.1. The van der Waals surface area contributed by atoms with Gasteiger partial charge in [0.05, 0.1) is 73.6 Å². The van der Waals surface area contributed by atoms with Crippen molar-refractivity contribution in [2.75, 3.05) is 54.5 Å². The van der Waals surface area contributed by atoms with Gasteiger partial charge in [-0.1, -0.05) is 62.4 Å². The number of carbonyl (C=O) groups is 4. The maximum absolute atomic E-state index is 13.9. The third-order valence-electron chi connectivity index (χ3n) is 19.0. The summed E-state index contributed by atoms with van der Waals surface area (Å²) in [6, 6.07) is 15.6. The van der Waals surface area contributed by atoms with Crippen LogP contribution in [0.1, 0.15) is 116 Å². The molecule has 590 valence electrons. The van der Waals surface area contributed by atoms with Gasteiger partial charge >= 0.3 is 12.2 Å². The zero-order valence-electron chi connectivity index (χ0n) is 62.3. The van der Waals surface area contributed by atoms with Gasteiger partial charge in [-0.2, -0.15) is 0 Å². The van der Waals surface area contributed by atoms with Gasteiger partial charge in [0.1, 0.15) is 70.5 Å². The van der Waals surface area contributed by atoms with Crippen LogP contribution in [-0.2, 0) is 57.4 Å². The van der Waals surface area contributed by atoms with Gasteiger partial charge in [0, 0.05) is 37.3 Å². The van der Waals surface area contributed by atoms with Gasteiger partial charge in [0.2, 0.25) is 22.6 Å². The normalized spacial score (nSPS) is 33.4. The molecule has 4 aliphatic heterocycles. The lowest BCUT2D eigenvalue weighted by molar-refractivity contribution is -0.387. The number of alkyl carbamates (subject to hydrolysis) is 2. The van der Waals surface area contributed by atoms with Gasteiger partial charge in [-0.05, 0) is 149 Å². The van der Waals surface area contributed by atoms with Crippen LogP contribution in [-0.4, -0.2) is 265 Å². The van der Waals surface area contributed by atoms with E-state index in [9.17, 15) is 68.3 Å². The number of likely N-dealkylation sites (N-methyl/N-ethyl adjacent to an activating group) is 4. The predicted molar refractivity (Wildman–Crippen MR) is 381 cm³/mol. The molecule has 0 bridgehead atoms. The van der Waals surface area contributed by atoms with E-state index in [-0.39, 0.29) is 30.9 Å². The summed E-state index contributed by atoms with van der Waals surface area (Å²) < 4.78 is 90.3. The molecule has 22 atom stereocenters. The number of nitrogens with zero attached hydrogens (tertiary/aromatic N) is 3. The van der Waals surface area contributed by atoms with Gasteiger partial charge in [-0.25, -0.2) is 22.7 Å². The molecule has 2 aliphatic carbocycles. The van der Waals surface area contributed by atoms with Gasteiger partial charge in [0.25, 0.3) is 17.5 Å². The van der Waals surface area contributed by atoms with E-state index in [0.717, 1.165) is 17.0 Å². The maximum Gasteiger partial charge on any atom is 0.408 e. The molecule has 3 aromatic carbocycles. The Hall–Kier alpha value is -7.07. The summed E-state index contributed by atoms with van der Waals surface area (Å²) in [5.74, 6) is -0.724. The summed E-state index contributed by atoms with van der Waals surface area (Å²) in [7, 11) is 1.72. The SMILES string of the molecule is CNCC1=CC[C@@H](NC(=O)OC(C)(C)C)[C@@H](O[C@H]2[C@H](O)[C@@H](O[C@H]3OC[C@](C)(O)[C@H](N(C)C(=O)c4ccccc4)[C@H]3O)[C@H](N)C[C@@H]2C)O1.CNCC1=CC[C@@H](NC(=O)OC(C)(C)C)[C@@H](O[C@H]2[C@H](O)[C@@H](O[C@H]3OC[C@](C)(O)[C@H](N(C)C(=O)c4ccccc4)[C@H]3O)[C@H](NS(=O)(=O)c3ccccc3[N+](=O)[O-])C[C@@H]2C)O1. The monoisotopic (exact) mass is 1510 g/mol. The second kappa shape index (κ2) is 35.5. The zero-order chi connectivity index (χ0) is 78.1. The maximum atomic E-state index is 13.9. The average molecular weight is 1510 g/mol. The molecule has 2 saturated heterocycles. The zero-order valence-corrected chi connectivity index (χ0v) is 63.1. The minimum atomic E-state index is -4.67. The smallest absolute Gasteiger partial charge is 0.408 e. The van der Waals surface area contributed by atoms with Crippen LogP contribution in [0.25, 0.3) is 0 Å². The fourth-order valence-corrected chi connectivity index (χ4v) is 15.5. The molecule has 106 heavy (non-hydrogen) atoms. The Kier molecular flexibility index (Phi) is 28.3. The van der Waals surface area contributed by atoms with Gasteiger partial charge in [0.15, 0.2) is 17.5 Å². The van der Waals surface area contributed by atoms with Crippen LogP contribution in [0.4, 0.5) is 15.3 Å². The highest BCUT2D eigenvalue weighted by molar-refractivity contribution is 7.89. The Labute approximate surface area is 617 Å². The number of nitrogens with two attached hydrogens (primary N) is 1. The van der Waals surface area contributed by atoms with Gasteiger partial charge < -0.3 is 115 Å². The predicted octanol–water partition coefficient (Wildman–Crippen LogP) is 2.60. The van der Waals surface area contributed by atoms with Crippen LogP contribution in [0.5, 0.6) is 0 Å². The largest absolute Gasteiger partial charge is 0.466 e. The van der Waals surface area contributed by atoms with Crippen LogP contribution < -0.4 is 31.7 Å². The topological polar surface area (TPSA) is 452 Å². The highest BCUT2D eigenvalue weighted by atomic mass is 32.2. The average Bonchev–Trinajstić information content (AvgIpc) is 0.767. The number of amides is 4. The summed E-state index contributed by atoms with van der Waals surface area (Å²) in [4.78, 5) is 65.1. The van der Waals surface area contributed by atoms with Crippen molar-refractivity contribution in [2.45, 2.75) is 232 Å². The molecule has 34 heteroatoms. The lowest BCUT2D eigenvalue weighted by atomic mass is 9.80. The number of rotatable bonds is 22. The van der Waals surface area contributed by atoms with Crippen molar-refractivity contribution in [1.82, 2.24) is 35.8 Å². The van der Waals surface area contributed by atoms with Crippen molar-refractivity contribution in [3.8, 4) is 0 Å². The standard InChI is InChI=1S/C39H55N5O14S.C33H52N4O10/c1-22-19-26(42-59(52,53)28-16-12-11-15-27(28)44(50)51)32(57-36-30(46)33(39(5,49)21-54-36)43(7)34(47)23-13-9-8-10-14-23)29(45)31(22)56-35-25(18-17-24(55-35)20-40-6)41-37(48)58-38(2,3)4;1-18-15-21(34)26(46-30-24(39)27(33(5,42)17-43-30)37(7)28(40)19-11-9-8-10-12-19)23(38)25(18)45-29-22(14-13-20(44-29)16-35-6)36-31(41)47-32(2,3)4/h8-17,22,25-26,29-33,35-36,40,42,45-46,49H,18-21H2,1-7H3,(H,41,48);8-13,18,21-27,29-30,35,38-39,42H,14-17,34H2,1-7H3,(H,36,41)/t22-,25+,26+,29-,30+,31+,32-,33+,35+,36+,39-;18-,21+,22+,23-,24+,25+,26-,27+,29+,30+,33-/m00/s1. The van der Waals surface area contributed by atoms with Gasteiger partial charge in [-0.3, -0.25) is 19.7 Å². The third kappa shape index (κ3) is 21.2. The second-order valence-corrected chi connectivity index (χ2v) is 32.0. The highest BCUT2D eigenvalue weighted by Crippen LogP contribution is 2.40. The number of aliphatic hydroxyl groups excluding tert-OH is 4. The van der Waals surface area contributed by atoms with E-state index in [2.05, 4.69) is 26.0 Å². The van der Waals surface area contributed by atoms with E-state index in [1.54, 1.807) is 129 Å². The summed E-state index contributed by atoms with van der Waals surface area (Å²) in [6.07, 6.45) is -12.8. The Balaban J connectivity index is 0.000000275. The molecule has 9 rings (SSSR count). The number of aliphatic hydroxyl groups is 6. The molecule has 4 heterocycles. The van der Waals surface area contributed by atoms with E-state index in [1.165, 1.54) is 45.0 Å². The number of benzene rings is 3. The number of para-hydroxylation sites is 1. The van der Waals surface area contributed by atoms with Gasteiger partial charge in [-0.15, -0.1) is 0 Å². The lowest BCUT2D eigenvalue weighted by Crippen LogP contribution is -2.69. The number of hydrogen-bond acceptors (Lipinski definition) is 27. The first kappa shape index (κ1) is 84.6. The van der Waals surface area contributed by atoms with Crippen molar-refractivity contribution in [2.24, 2.45) is 17.6 Å². The van der Waals surface area contributed by atoms with Crippen molar-refractivity contribution < 1.29 is 111 Å². The number of nitrogens with one attached hydrogen (secondary N) is 5. The molecule has 6 aliphatic rings. The van der Waals surface area contributed by atoms with Crippen LogP contribution in [0, 0.1) is 22.0 Å². The van der Waals surface area contributed by atoms with Crippen LogP contribution in [0.2, 0.25) is 0 Å². The summed E-state index contributed by atoms with van der Waals surface area (Å²) >= 11 is 0. The summed E-state index contributed by atoms with van der Waals surface area (Å²) in [5, 5.41) is 93.1. The Bertz CT molecular complexity index is 3640. The summed E-state index contributed by atoms with van der Waals surface area (Å²) in [5.41, 5.74) is 1.53. The number of sulfonamides is 1. The van der Waals surface area contributed by atoms with Crippen LogP contribution >= 0.6 is 0 Å².